The van der Waals surface area contributed by atoms with Crippen molar-refractivity contribution in [1.82, 2.24) is 5.32 Å². The molecule has 2 aliphatic rings. The summed E-state index contributed by atoms with van der Waals surface area (Å²) in [4.78, 5) is 44.8. The summed E-state index contributed by atoms with van der Waals surface area (Å²) in [6.07, 6.45) is -5.12. The third-order valence-corrected chi connectivity index (χ3v) is 7.25. The molecule has 2 amide bonds. The standard InChI is InChI=1S/C30H25F4N3O3/c1-16(13-17-7-11-22(23(31)14-17)30(32,33)34)28(39)36-27-29(40)37(2)24-6-4-3-5-21(24)26(35-27)19-8-10-20-18(15-19)9-12-25(20)38/h3-8,10-11,14-16,27H,9,12-13H2,1-2H3,(H,36,39)/t16-,27?/m0/s1. The number of benzodiazepines with no additional fused rings is 1. The second-order valence-corrected chi connectivity index (χ2v) is 10.0. The number of para-hydroxylation sites is 1. The Labute approximate surface area is 227 Å². The van der Waals surface area contributed by atoms with Crippen LogP contribution in [0, 0.1) is 11.7 Å². The van der Waals surface area contributed by atoms with E-state index in [4.69, 9.17) is 0 Å². The van der Waals surface area contributed by atoms with Gasteiger partial charge in [-0.15, -0.1) is 0 Å². The first-order chi connectivity index (χ1) is 18.9. The van der Waals surface area contributed by atoms with Crippen LogP contribution in [0.25, 0.3) is 0 Å². The van der Waals surface area contributed by atoms with E-state index in [9.17, 15) is 31.9 Å². The fourth-order valence-electron chi connectivity index (χ4n) is 5.09. The molecule has 40 heavy (non-hydrogen) atoms. The zero-order chi connectivity index (χ0) is 28.8. The summed E-state index contributed by atoms with van der Waals surface area (Å²) in [5.74, 6) is -3.20. The molecule has 3 aromatic rings. The van der Waals surface area contributed by atoms with E-state index in [2.05, 4.69) is 10.3 Å². The van der Waals surface area contributed by atoms with Gasteiger partial charge in [0.2, 0.25) is 12.1 Å². The van der Waals surface area contributed by atoms with Gasteiger partial charge in [-0.25, -0.2) is 9.38 Å². The van der Waals surface area contributed by atoms with Crippen molar-refractivity contribution < 1.29 is 31.9 Å². The lowest BCUT2D eigenvalue weighted by Crippen LogP contribution is -2.47. The summed E-state index contributed by atoms with van der Waals surface area (Å²) < 4.78 is 52.7. The zero-order valence-corrected chi connectivity index (χ0v) is 21.7. The maximum Gasteiger partial charge on any atom is 0.419 e. The van der Waals surface area contributed by atoms with Crippen LogP contribution >= 0.6 is 0 Å². The predicted octanol–water partition coefficient (Wildman–Crippen LogP) is 5.11. The Hall–Kier alpha value is -4.34. The number of alkyl halides is 3. The smallest absolute Gasteiger partial charge is 0.326 e. The molecule has 206 valence electrons. The maximum atomic E-state index is 14.0. The molecule has 0 bridgehead atoms. The summed E-state index contributed by atoms with van der Waals surface area (Å²) in [6.45, 7) is 1.53. The minimum Gasteiger partial charge on any atom is -0.326 e. The predicted molar refractivity (Wildman–Crippen MR) is 141 cm³/mol. The van der Waals surface area contributed by atoms with Gasteiger partial charge in [-0.05, 0) is 48.2 Å². The van der Waals surface area contributed by atoms with Gasteiger partial charge in [0.25, 0.3) is 5.91 Å². The molecule has 1 N–H and O–H groups in total. The molecular formula is C30H25F4N3O3. The number of ketones is 1. The number of anilines is 1. The summed E-state index contributed by atoms with van der Waals surface area (Å²) in [5.41, 5.74) is 2.82. The molecule has 6 nitrogen and oxygen atoms in total. The van der Waals surface area contributed by atoms with Gasteiger partial charge in [0.05, 0.1) is 17.0 Å². The van der Waals surface area contributed by atoms with Crippen molar-refractivity contribution in [3.05, 3.63) is 99.9 Å². The normalized spacial score (nSPS) is 17.6. The Morgan fingerprint density at radius 2 is 1.80 bits per heavy atom. The van der Waals surface area contributed by atoms with Crippen LogP contribution in [0.3, 0.4) is 0 Å². The van der Waals surface area contributed by atoms with Crippen molar-refractivity contribution in [3.8, 4) is 0 Å². The highest BCUT2D eigenvalue weighted by Gasteiger charge is 2.35. The number of hydrogen-bond donors (Lipinski definition) is 1. The molecule has 0 aromatic heterocycles. The van der Waals surface area contributed by atoms with Gasteiger partial charge in [0, 0.05) is 36.1 Å². The van der Waals surface area contributed by atoms with E-state index in [0.717, 1.165) is 17.7 Å². The number of nitrogens with one attached hydrogen (secondary N) is 1. The van der Waals surface area contributed by atoms with Crippen molar-refractivity contribution in [2.45, 2.75) is 38.5 Å². The quantitative estimate of drug-likeness (QED) is 0.448. The second-order valence-electron chi connectivity index (χ2n) is 10.0. The highest BCUT2D eigenvalue weighted by atomic mass is 19.4. The van der Waals surface area contributed by atoms with Gasteiger partial charge in [-0.1, -0.05) is 43.3 Å². The first kappa shape index (κ1) is 27.2. The van der Waals surface area contributed by atoms with Gasteiger partial charge in [0.1, 0.15) is 5.82 Å². The maximum absolute atomic E-state index is 14.0. The number of likely N-dealkylation sites (N-methyl/N-ethyl adjacent to an activating group) is 1. The lowest BCUT2D eigenvalue weighted by atomic mass is 9.97. The highest BCUT2D eigenvalue weighted by molar-refractivity contribution is 6.20. The number of benzene rings is 3. The molecule has 0 spiro atoms. The number of carbonyl (C=O) groups is 3. The van der Waals surface area contributed by atoms with E-state index < -0.39 is 41.5 Å². The number of aliphatic imine (C=N–C) groups is 1. The van der Waals surface area contributed by atoms with Crippen LogP contribution < -0.4 is 10.2 Å². The van der Waals surface area contributed by atoms with Gasteiger partial charge in [-0.2, -0.15) is 13.2 Å². The van der Waals surface area contributed by atoms with Crippen LogP contribution in [0.15, 0.2) is 65.7 Å². The SMILES string of the molecule is C[C@@H](Cc1ccc(C(F)(F)F)c(F)c1)C(=O)NC1N=C(c2ccc3c(c2)CCC3=O)c2ccccc2N(C)C1=O. The lowest BCUT2D eigenvalue weighted by molar-refractivity contribution is -0.140. The minimum absolute atomic E-state index is 0.0483. The van der Waals surface area contributed by atoms with E-state index >= 15 is 0 Å². The first-order valence-corrected chi connectivity index (χ1v) is 12.7. The highest BCUT2D eigenvalue weighted by Crippen LogP contribution is 2.32. The fourth-order valence-corrected chi connectivity index (χ4v) is 5.09. The van der Waals surface area contributed by atoms with Crippen LogP contribution in [-0.4, -0.2) is 36.5 Å². The molecule has 10 heteroatoms. The largest absolute Gasteiger partial charge is 0.419 e. The number of hydrogen-bond acceptors (Lipinski definition) is 4. The molecule has 2 atom stereocenters. The summed E-state index contributed by atoms with van der Waals surface area (Å²) in [7, 11) is 1.58. The number of fused-ring (bicyclic) bond motifs is 2. The van der Waals surface area contributed by atoms with Crippen molar-refractivity contribution in [2.24, 2.45) is 10.9 Å². The number of halogens is 4. The Bertz CT molecular complexity index is 1560. The van der Waals surface area contributed by atoms with Crippen molar-refractivity contribution in [2.75, 3.05) is 11.9 Å². The number of amides is 2. The molecule has 1 aliphatic heterocycles. The van der Waals surface area contributed by atoms with E-state index in [-0.39, 0.29) is 17.8 Å². The van der Waals surface area contributed by atoms with Crippen LogP contribution in [0.2, 0.25) is 0 Å². The van der Waals surface area contributed by atoms with Gasteiger partial charge in [-0.3, -0.25) is 14.4 Å². The third kappa shape index (κ3) is 5.13. The average Bonchev–Trinajstić information content (AvgIpc) is 3.24. The van der Waals surface area contributed by atoms with E-state index in [0.29, 0.717) is 47.0 Å². The topological polar surface area (TPSA) is 78.8 Å². The molecule has 1 unspecified atom stereocenters. The van der Waals surface area contributed by atoms with Crippen LogP contribution in [0.1, 0.15) is 51.5 Å². The van der Waals surface area contributed by atoms with E-state index in [1.54, 1.807) is 31.3 Å². The van der Waals surface area contributed by atoms with Crippen LogP contribution in [0.4, 0.5) is 23.2 Å². The van der Waals surface area contributed by atoms with Gasteiger partial charge in [0.15, 0.2) is 5.78 Å². The van der Waals surface area contributed by atoms with Crippen LogP contribution in [0.5, 0.6) is 0 Å². The summed E-state index contributed by atoms with van der Waals surface area (Å²) >= 11 is 0. The Morgan fingerprint density at radius 1 is 1.05 bits per heavy atom. The fraction of sp³-hybridized carbons (Fsp3) is 0.267. The monoisotopic (exact) mass is 551 g/mol. The molecule has 1 aliphatic carbocycles. The first-order valence-electron chi connectivity index (χ1n) is 12.7. The van der Waals surface area contributed by atoms with Crippen molar-refractivity contribution in [3.63, 3.8) is 0 Å². The van der Waals surface area contributed by atoms with Gasteiger partial charge >= 0.3 is 6.18 Å². The number of carbonyl (C=O) groups excluding carboxylic acids is 3. The molecule has 0 radical (unpaired) electrons. The number of aryl methyl sites for hydroxylation is 1. The Balaban J connectivity index is 1.43. The number of rotatable bonds is 5. The molecular weight excluding hydrogens is 526 g/mol. The second kappa shape index (κ2) is 10.3. The van der Waals surface area contributed by atoms with Gasteiger partial charge < -0.3 is 10.2 Å². The number of Topliss-reactive ketones (excluding diaryl/α,β-unsaturated/α-hetero) is 1. The Kier molecular flexibility index (Phi) is 7.03. The van der Waals surface area contributed by atoms with Crippen LogP contribution in [-0.2, 0) is 28.6 Å². The van der Waals surface area contributed by atoms with E-state index in [1.165, 1.54) is 11.8 Å². The third-order valence-electron chi connectivity index (χ3n) is 7.25. The summed E-state index contributed by atoms with van der Waals surface area (Å²) in [6, 6.07) is 15.1. The van der Waals surface area contributed by atoms with Crippen molar-refractivity contribution in [1.29, 1.82) is 0 Å². The molecule has 3 aromatic carbocycles. The lowest BCUT2D eigenvalue weighted by Gasteiger charge is -2.22. The zero-order valence-electron chi connectivity index (χ0n) is 21.7. The molecule has 0 saturated carbocycles. The summed E-state index contributed by atoms with van der Waals surface area (Å²) in [5, 5.41) is 2.66. The number of nitrogens with zero attached hydrogens (tertiary/aromatic N) is 2. The minimum atomic E-state index is -4.82. The Morgan fingerprint density at radius 3 is 2.52 bits per heavy atom. The van der Waals surface area contributed by atoms with E-state index in [1.807, 2.05) is 18.2 Å². The molecule has 1 heterocycles. The van der Waals surface area contributed by atoms with Crippen molar-refractivity contribution >= 4 is 29.0 Å². The molecule has 0 saturated heterocycles. The molecule has 0 fully saturated rings. The molecule has 5 rings (SSSR count). The average molecular weight is 552 g/mol.